The molecule has 0 aliphatic rings. The first-order valence-electron chi connectivity index (χ1n) is 7.91. The lowest BCUT2D eigenvalue weighted by atomic mass is 10.2. The Morgan fingerprint density at radius 2 is 1.63 bits per heavy atom. The van der Waals surface area contributed by atoms with E-state index in [4.69, 9.17) is 4.42 Å². The molecule has 1 aromatic heterocycles. The third-order valence-electron chi connectivity index (χ3n) is 3.81. The van der Waals surface area contributed by atoms with E-state index in [1.807, 2.05) is 6.07 Å². The fourth-order valence-electron chi connectivity index (χ4n) is 2.35. The van der Waals surface area contributed by atoms with E-state index >= 15 is 0 Å². The van der Waals surface area contributed by atoms with Crippen molar-refractivity contribution < 1.29 is 22.4 Å². The number of nitrogens with zero attached hydrogens (tertiary/aromatic N) is 1. The summed E-state index contributed by atoms with van der Waals surface area (Å²) in [7, 11) is -0.874. The number of hydrogen-bond acceptors (Lipinski definition) is 5. The van der Waals surface area contributed by atoms with Gasteiger partial charge in [0.1, 0.15) is 5.58 Å². The van der Waals surface area contributed by atoms with Crippen LogP contribution in [0.2, 0.25) is 0 Å². The van der Waals surface area contributed by atoms with Crippen molar-refractivity contribution in [1.29, 1.82) is 0 Å². The van der Waals surface area contributed by atoms with Crippen LogP contribution >= 0.6 is 0 Å². The highest BCUT2D eigenvalue weighted by Crippen LogP contribution is 2.18. The molecule has 0 saturated carbocycles. The fourth-order valence-corrected chi connectivity index (χ4v) is 3.30. The lowest BCUT2D eigenvalue weighted by Crippen LogP contribution is -2.41. The van der Waals surface area contributed by atoms with E-state index in [0.29, 0.717) is 5.58 Å². The molecule has 2 amide bonds. The number of para-hydroxylation sites is 1. The summed E-state index contributed by atoms with van der Waals surface area (Å²) in [5.74, 6) is -1.24. The molecule has 0 saturated heterocycles. The topological polar surface area (TPSA) is 109 Å². The lowest BCUT2D eigenvalue weighted by Gasteiger charge is -2.12. The lowest BCUT2D eigenvalue weighted by molar-refractivity contribution is 0.0832. The predicted octanol–water partition coefficient (Wildman–Crippen LogP) is 1.76. The fraction of sp³-hybridized carbons (Fsp3) is 0.111. The largest absolute Gasteiger partial charge is 0.451 e. The first-order chi connectivity index (χ1) is 12.8. The molecule has 9 heteroatoms. The second-order valence-electron chi connectivity index (χ2n) is 5.87. The molecule has 0 bridgehead atoms. The van der Waals surface area contributed by atoms with Gasteiger partial charge < -0.3 is 4.42 Å². The van der Waals surface area contributed by atoms with Crippen LogP contribution in [0, 0.1) is 0 Å². The minimum absolute atomic E-state index is 0.0243. The number of fused-ring (bicyclic) bond motifs is 1. The molecule has 1 heterocycles. The molecule has 0 radical (unpaired) electrons. The van der Waals surface area contributed by atoms with Gasteiger partial charge in [0, 0.05) is 25.0 Å². The van der Waals surface area contributed by atoms with Gasteiger partial charge in [-0.3, -0.25) is 20.4 Å². The molecule has 0 aliphatic carbocycles. The number of hydrogen-bond donors (Lipinski definition) is 2. The van der Waals surface area contributed by atoms with Crippen molar-refractivity contribution in [3.8, 4) is 0 Å². The average Bonchev–Trinajstić information content (AvgIpc) is 3.10. The summed E-state index contributed by atoms with van der Waals surface area (Å²) in [5.41, 5.74) is 5.13. The highest BCUT2D eigenvalue weighted by atomic mass is 32.2. The number of benzene rings is 2. The molecule has 0 unspecified atom stereocenters. The Balaban J connectivity index is 1.71. The maximum Gasteiger partial charge on any atom is 0.305 e. The zero-order chi connectivity index (χ0) is 19.6. The van der Waals surface area contributed by atoms with Crippen molar-refractivity contribution in [2.45, 2.75) is 4.90 Å². The highest BCUT2D eigenvalue weighted by Gasteiger charge is 2.19. The van der Waals surface area contributed by atoms with Crippen molar-refractivity contribution in [3.05, 3.63) is 65.9 Å². The van der Waals surface area contributed by atoms with Gasteiger partial charge in [0.2, 0.25) is 10.0 Å². The van der Waals surface area contributed by atoms with Crippen LogP contribution < -0.4 is 10.9 Å². The van der Waals surface area contributed by atoms with Crippen molar-refractivity contribution in [1.82, 2.24) is 15.2 Å². The van der Waals surface area contributed by atoms with E-state index in [1.165, 1.54) is 38.4 Å². The summed E-state index contributed by atoms with van der Waals surface area (Å²) in [4.78, 5) is 24.4. The van der Waals surface area contributed by atoms with Crippen molar-refractivity contribution in [2.24, 2.45) is 0 Å². The van der Waals surface area contributed by atoms with Crippen LogP contribution in [0.5, 0.6) is 0 Å². The number of carbonyl (C=O) groups excluding carboxylic acids is 2. The van der Waals surface area contributed by atoms with Crippen LogP contribution in [0.15, 0.2) is 63.9 Å². The number of carbonyl (C=O) groups is 2. The molecule has 0 spiro atoms. The van der Waals surface area contributed by atoms with Gasteiger partial charge in [-0.1, -0.05) is 24.3 Å². The molecule has 2 N–H and O–H groups in total. The van der Waals surface area contributed by atoms with Gasteiger partial charge in [-0.25, -0.2) is 12.7 Å². The summed E-state index contributed by atoms with van der Waals surface area (Å²) in [5, 5.41) is 0.760. The van der Waals surface area contributed by atoms with E-state index in [9.17, 15) is 18.0 Å². The number of furan rings is 1. The number of rotatable bonds is 4. The maximum absolute atomic E-state index is 12.2. The van der Waals surface area contributed by atoms with Crippen molar-refractivity contribution in [2.75, 3.05) is 14.1 Å². The monoisotopic (exact) mass is 387 g/mol. The minimum Gasteiger partial charge on any atom is -0.451 e. The first-order valence-corrected chi connectivity index (χ1v) is 9.35. The third-order valence-corrected chi connectivity index (χ3v) is 5.62. The molecular formula is C18H17N3O5S. The van der Waals surface area contributed by atoms with Gasteiger partial charge in [-0.15, -0.1) is 0 Å². The normalized spacial score (nSPS) is 11.5. The summed E-state index contributed by atoms with van der Waals surface area (Å²) < 4.78 is 30.8. The van der Waals surface area contributed by atoms with Gasteiger partial charge in [-0.2, -0.15) is 0 Å². The SMILES string of the molecule is CN(C)S(=O)(=O)c1cccc(C(=O)NNC(=O)c2cc3ccccc3o2)c1. The zero-order valence-electron chi connectivity index (χ0n) is 14.6. The van der Waals surface area contributed by atoms with Gasteiger partial charge in [0.15, 0.2) is 5.76 Å². The summed E-state index contributed by atoms with van der Waals surface area (Å²) in [6.07, 6.45) is 0. The molecule has 0 fully saturated rings. The number of amides is 2. The van der Waals surface area contributed by atoms with Crippen LogP contribution in [-0.4, -0.2) is 38.6 Å². The van der Waals surface area contributed by atoms with Crippen molar-refractivity contribution in [3.63, 3.8) is 0 Å². The maximum atomic E-state index is 12.2. The van der Waals surface area contributed by atoms with Crippen LogP contribution in [-0.2, 0) is 10.0 Å². The molecule has 27 heavy (non-hydrogen) atoms. The van der Waals surface area contributed by atoms with Crippen LogP contribution in [0.4, 0.5) is 0 Å². The second kappa shape index (κ2) is 7.22. The van der Waals surface area contributed by atoms with E-state index in [2.05, 4.69) is 10.9 Å². The number of hydrazine groups is 1. The molecule has 8 nitrogen and oxygen atoms in total. The number of sulfonamides is 1. The van der Waals surface area contributed by atoms with E-state index < -0.39 is 21.8 Å². The summed E-state index contributed by atoms with van der Waals surface area (Å²) in [6.45, 7) is 0. The van der Waals surface area contributed by atoms with E-state index in [-0.39, 0.29) is 16.2 Å². The number of nitrogens with one attached hydrogen (secondary N) is 2. The smallest absolute Gasteiger partial charge is 0.305 e. The Morgan fingerprint density at radius 3 is 2.33 bits per heavy atom. The molecule has 3 rings (SSSR count). The highest BCUT2D eigenvalue weighted by molar-refractivity contribution is 7.89. The molecule has 0 atom stereocenters. The Bertz CT molecular complexity index is 1090. The Labute approximate surface area is 155 Å². The molecule has 0 aliphatic heterocycles. The van der Waals surface area contributed by atoms with Crippen LogP contribution in [0.3, 0.4) is 0 Å². The van der Waals surface area contributed by atoms with Gasteiger partial charge in [-0.05, 0) is 30.3 Å². The average molecular weight is 387 g/mol. The standard InChI is InChI=1S/C18H17N3O5S/c1-21(2)27(24,25)14-8-5-7-13(10-14)17(22)19-20-18(23)16-11-12-6-3-4-9-15(12)26-16/h3-11H,1-2H3,(H,19,22)(H,20,23). The second-order valence-corrected chi connectivity index (χ2v) is 8.02. The Kier molecular flexibility index (Phi) is 4.98. The van der Waals surface area contributed by atoms with Crippen molar-refractivity contribution >= 4 is 32.8 Å². The molecule has 2 aromatic carbocycles. The van der Waals surface area contributed by atoms with Crippen LogP contribution in [0.25, 0.3) is 11.0 Å². The van der Waals surface area contributed by atoms with Gasteiger partial charge in [0.25, 0.3) is 5.91 Å². The molecule has 3 aromatic rings. The summed E-state index contributed by atoms with van der Waals surface area (Å²) >= 11 is 0. The Morgan fingerprint density at radius 1 is 0.926 bits per heavy atom. The molecule has 140 valence electrons. The minimum atomic E-state index is -3.67. The predicted molar refractivity (Wildman–Crippen MR) is 98.5 cm³/mol. The summed E-state index contributed by atoms with van der Waals surface area (Å²) in [6, 6.07) is 14.2. The van der Waals surface area contributed by atoms with Crippen LogP contribution in [0.1, 0.15) is 20.9 Å². The third kappa shape index (κ3) is 3.83. The quantitative estimate of drug-likeness (QED) is 0.663. The van der Waals surface area contributed by atoms with Gasteiger partial charge >= 0.3 is 5.91 Å². The van der Waals surface area contributed by atoms with E-state index in [1.54, 1.807) is 24.3 Å². The van der Waals surface area contributed by atoms with Gasteiger partial charge in [0.05, 0.1) is 4.90 Å². The Hall–Kier alpha value is -3.17. The van der Waals surface area contributed by atoms with E-state index in [0.717, 1.165) is 9.69 Å². The molecular weight excluding hydrogens is 370 g/mol. The zero-order valence-corrected chi connectivity index (χ0v) is 15.4. The first kappa shape index (κ1) is 18.6.